The highest BCUT2D eigenvalue weighted by Crippen LogP contribution is 2.21. The van der Waals surface area contributed by atoms with Gasteiger partial charge in [-0.3, -0.25) is 9.69 Å². The van der Waals surface area contributed by atoms with Crippen LogP contribution in [0.4, 0.5) is 10.5 Å². The molecular weight excluding hydrogens is 314 g/mol. The topological polar surface area (TPSA) is 52.6 Å². The molecule has 134 valence electrons. The Kier molecular flexibility index (Phi) is 5.74. The first-order chi connectivity index (χ1) is 12.1. The van der Waals surface area contributed by atoms with E-state index >= 15 is 0 Å². The van der Waals surface area contributed by atoms with E-state index in [2.05, 4.69) is 11.4 Å². The first-order valence-corrected chi connectivity index (χ1v) is 9.21. The second-order valence-corrected chi connectivity index (χ2v) is 6.90. The maximum absolute atomic E-state index is 12.5. The number of nitrogens with one attached hydrogen (secondary N) is 1. The number of hydrogen-bond acceptors (Lipinski definition) is 2. The number of benzene rings is 1. The summed E-state index contributed by atoms with van der Waals surface area (Å²) in [6.45, 7) is 4.04. The number of hydrogen-bond donors (Lipinski definition) is 1. The van der Waals surface area contributed by atoms with Gasteiger partial charge in [0.05, 0.1) is 0 Å². The summed E-state index contributed by atoms with van der Waals surface area (Å²) < 4.78 is 0. The Hall–Kier alpha value is -2.30. The van der Waals surface area contributed by atoms with E-state index in [9.17, 15) is 9.59 Å². The maximum atomic E-state index is 12.5. The van der Waals surface area contributed by atoms with Crippen LogP contribution >= 0.6 is 0 Å². The highest BCUT2D eigenvalue weighted by molar-refractivity contribution is 5.96. The van der Waals surface area contributed by atoms with E-state index in [0.29, 0.717) is 19.6 Å². The molecule has 1 fully saturated rings. The maximum Gasteiger partial charge on any atom is 0.325 e. The second kappa shape index (κ2) is 8.19. The number of carbonyl (C=O) groups is 2. The fourth-order valence-corrected chi connectivity index (χ4v) is 3.42. The summed E-state index contributed by atoms with van der Waals surface area (Å²) in [5, 5.41) is 2.95. The highest BCUT2D eigenvalue weighted by Gasteiger charge is 2.30. The molecule has 0 bridgehead atoms. The molecule has 1 aromatic carbocycles. The minimum absolute atomic E-state index is 0.0736. The average Bonchev–Trinajstić information content (AvgIpc) is 2.97. The molecule has 1 heterocycles. The summed E-state index contributed by atoms with van der Waals surface area (Å²) in [4.78, 5) is 28.0. The van der Waals surface area contributed by atoms with Crippen LogP contribution in [-0.4, -0.2) is 43.0 Å². The Morgan fingerprint density at radius 3 is 2.68 bits per heavy atom. The molecule has 0 unspecified atom stereocenters. The van der Waals surface area contributed by atoms with Crippen LogP contribution in [0.2, 0.25) is 0 Å². The number of aryl methyl sites for hydroxylation is 1. The van der Waals surface area contributed by atoms with Gasteiger partial charge in [0, 0.05) is 25.3 Å². The average molecular weight is 341 g/mol. The molecule has 0 atom stereocenters. The van der Waals surface area contributed by atoms with Crippen LogP contribution in [0, 0.1) is 6.92 Å². The standard InChI is InChI=1S/C20H27N3O2/c1-16-7-9-18(10-8-16)23-14-13-22(20(23)25)15-19(24)21-12-11-17-5-3-2-4-6-17/h5,7-10H,2-4,6,11-15H2,1H3,(H,21,24). The Morgan fingerprint density at radius 2 is 1.96 bits per heavy atom. The van der Waals surface area contributed by atoms with Gasteiger partial charge >= 0.3 is 6.03 Å². The third-order valence-electron chi connectivity index (χ3n) is 4.93. The summed E-state index contributed by atoms with van der Waals surface area (Å²) in [5.41, 5.74) is 3.51. The second-order valence-electron chi connectivity index (χ2n) is 6.90. The number of amides is 3. The largest absolute Gasteiger partial charge is 0.354 e. The molecule has 2 aliphatic rings. The lowest BCUT2D eigenvalue weighted by Gasteiger charge is -2.19. The molecule has 0 spiro atoms. The quantitative estimate of drug-likeness (QED) is 0.808. The van der Waals surface area contributed by atoms with Crippen LogP contribution < -0.4 is 10.2 Å². The highest BCUT2D eigenvalue weighted by atomic mass is 16.2. The van der Waals surface area contributed by atoms with Gasteiger partial charge in [0.25, 0.3) is 0 Å². The van der Waals surface area contributed by atoms with Crippen molar-refractivity contribution in [3.05, 3.63) is 41.5 Å². The van der Waals surface area contributed by atoms with E-state index in [0.717, 1.165) is 18.5 Å². The van der Waals surface area contributed by atoms with Gasteiger partial charge in [-0.05, 0) is 51.2 Å². The van der Waals surface area contributed by atoms with Crippen molar-refractivity contribution in [1.29, 1.82) is 0 Å². The van der Waals surface area contributed by atoms with Gasteiger partial charge < -0.3 is 10.2 Å². The number of anilines is 1. The van der Waals surface area contributed by atoms with Crippen molar-refractivity contribution in [2.75, 3.05) is 31.1 Å². The van der Waals surface area contributed by atoms with Crippen LogP contribution in [-0.2, 0) is 4.79 Å². The lowest BCUT2D eigenvalue weighted by atomic mass is 9.97. The van der Waals surface area contributed by atoms with Gasteiger partial charge in [-0.1, -0.05) is 29.3 Å². The van der Waals surface area contributed by atoms with Gasteiger partial charge in [0.1, 0.15) is 6.54 Å². The van der Waals surface area contributed by atoms with Crippen molar-refractivity contribution in [3.8, 4) is 0 Å². The molecule has 1 saturated heterocycles. The fraction of sp³-hybridized carbons (Fsp3) is 0.500. The van der Waals surface area contributed by atoms with Crippen molar-refractivity contribution < 1.29 is 9.59 Å². The summed E-state index contributed by atoms with van der Waals surface area (Å²) in [5.74, 6) is -0.0736. The van der Waals surface area contributed by atoms with E-state index in [-0.39, 0.29) is 18.5 Å². The molecule has 3 amide bonds. The molecule has 0 saturated carbocycles. The van der Waals surface area contributed by atoms with E-state index in [1.165, 1.54) is 30.4 Å². The van der Waals surface area contributed by atoms with Crippen LogP contribution in [0.5, 0.6) is 0 Å². The van der Waals surface area contributed by atoms with Crippen LogP contribution in [0.3, 0.4) is 0 Å². The third kappa shape index (κ3) is 4.62. The third-order valence-corrected chi connectivity index (χ3v) is 4.93. The predicted octanol–water partition coefficient (Wildman–Crippen LogP) is 3.24. The molecule has 5 heteroatoms. The predicted molar refractivity (Wildman–Crippen MR) is 99.7 cm³/mol. The molecule has 1 aliphatic heterocycles. The first kappa shape index (κ1) is 17.5. The summed E-state index contributed by atoms with van der Waals surface area (Å²) in [6, 6.07) is 7.81. The van der Waals surface area contributed by atoms with Gasteiger partial charge in [-0.25, -0.2) is 4.79 Å². The zero-order valence-corrected chi connectivity index (χ0v) is 15.0. The minimum atomic E-state index is -0.0889. The Balaban J connectivity index is 1.45. The van der Waals surface area contributed by atoms with Gasteiger partial charge in [0.15, 0.2) is 0 Å². The number of rotatable bonds is 6. The van der Waals surface area contributed by atoms with Crippen LogP contribution in [0.1, 0.15) is 37.7 Å². The molecule has 0 aromatic heterocycles. The van der Waals surface area contributed by atoms with E-state index in [1.807, 2.05) is 31.2 Å². The summed E-state index contributed by atoms with van der Waals surface area (Å²) in [7, 11) is 0. The van der Waals surface area contributed by atoms with Gasteiger partial charge in [-0.2, -0.15) is 0 Å². The molecular formula is C20H27N3O2. The minimum Gasteiger partial charge on any atom is -0.354 e. The van der Waals surface area contributed by atoms with Gasteiger partial charge in [0.2, 0.25) is 5.91 Å². The SMILES string of the molecule is Cc1ccc(N2CCN(CC(=O)NCCC3=CCCCC3)C2=O)cc1. The lowest BCUT2D eigenvalue weighted by molar-refractivity contribution is -0.121. The lowest BCUT2D eigenvalue weighted by Crippen LogP contribution is -2.40. The van der Waals surface area contributed by atoms with Crippen LogP contribution in [0.15, 0.2) is 35.9 Å². The number of urea groups is 1. The molecule has 5 nitrogen and oxygen atoms in total. The molecule has 1 N–H and O–H groups in total. The van der Waals surface area contributed by atoms with E-state index < -0.39 is 0 Å². The van der Waals surface area contributed by atoms with E-state index in [1.54, 1.807) is 9.80 Å². The number of carbonyl (C=O) groups excluding carboxylic acids is 2. The van der Waals surface area contributed by atoms with Gasteiger partial charge in [-0.15, -0.1) is 0 Å². The van der Waals surface area contributed by atoms with Crippen molar-refractivity contribution in [2.24, 2.45) is 0 Å². The Labute approximate surface area is 149 Å². The zero-order chi connectivity index (χ0) is 17.6. The molecule has 3 rings (SSSR count). The zero-order valence-electron chi connectivity index (χ0n) is 15.0. The summed E-state index contributed by atoms with van der Waals surface area (Å²) >= 11 is 0. The number of nitrogens with zero attached hydrogens (tertiary/aromatic N) is 2. The Bertz CT molecular complexity index is 651. The van der Waals surface area contributed by atoms with Crippen molar-refractivity contribution in [3.63, 3.8) is 0 Å². The fourth-order valence-electron chi connectivity index (χ4n) is 3.42. The molecule has 1 aliphatic carbocycles. The van der Waals surface area contributed by atoms with Crippen molar-refractivity contribution in [1.82, 2.24) is 10.2 Å². The molecule has 0 radical (unpaired) electrons. The van der Waals surface area contributed by atoms with E-state index in [4.69, 9.17) is 0 Å². The normalized spacial score (nSPS) is 17.6. The monoisotopic (exact) mass is 341 g/mol. The Morgan fingerprint density at radius 1 is 1.16 bits per heavy atom. The smallest absolute Gasteiger partial charge is 0.325 e. The van der Waals surface area contributed by atoms with Crippen molar-refractivity contribution >= 4 is 17.6 Å². The molecule has 1 aromatic rings. The van der Waals surface area contributed by atoms with Crippen LogP contribution in [0.25, 0.3) is 0 Å². The summed E-state index contributed by atoms with van der Waals surface area (Å²) in [6.07, 6.45) is 8.10. The van der Waals surface area contributed by atoms with Crippen molar-refractivity contribution in [2.45, 2.75) is 39.0 Å². The first-order valence-electron chi connectivity index (χ1n) is 9.21. The number of allylic oxidation sites excluding steroid dienone is 1. The molecule has 25 heavy (non-hydrogen) atoms.